The lowest BCUT2D eigenvalue weighted by Gasteiger charge is -2.26. The first-order valence-corrected chi connectivity index (χ1v) is 14.2. The molecule has 0 amide bonds. The van der Waals surface area contributed by atoms with E-state index in [-0.39, 0.29) is 16.4 Å². The monoisotopic (exact) mass is 502 g/mol. The fourth-order valence-corrected chi connectivity index (χ4v) is 7.15. The van der Waals surface area contributed by atoms with Crippen LogP contribution >= 0.6 is 11.8 Å². The van der Waals surface area contributed by atoms with Gasteiger partial charge in [-0.25, -0.2) is 13.4 Å². The number of Topliss-reactive ketones (excluding diaryl/α,β-unsaturated/α-hetero) is 1. The number of aryl methyl sites for hydroxylation is 2. The zero-order chi connectivity index (χ0) is 24.0. The Labute approximate surface area is 204 Å². The zero-order valence-electron chi connectivity index (χ0n) is 19.8. The highest BCUT2D eigenvalue weighted by molar-refractivity contribution is 7.99. The van der Waals surface area contributed by atoms with E-state index in [1.54, 1.807) is 12.1 Å². The molecule has 0 radical (unpaired) electrons. The normalized spacial score (nSPS) is 17.5. The summed E-state index contributed by atoms with van der Waals surface area (Å²) in [5, 5.41) is 0.725. The minimum Gasteiger partial charge on any atom is -0.379 e. The van der Waals surface area contributed by atoms with Crippen molar-refractivity contribution in [3.63, 3.8) is 0 Å². The summed E-state index contributed by atoms with van der Waals surface area (Å²) in [5.74, 6) is 0.382. The van der Waals surface area contributed by atoms with Crippen molar-refractivity contribution in [1.82, 2.24) is 18.4 Å². The first-order chi connectivity index (χ1) is 16.3. The lowest BCUT2D eigenvalue weighted by molar-refractivity contribution is 0.0730. The van der Waals surface area contributed by atoms with E-state index in [2.05, 4.69) is 11.5 Å². The number of fused-ring (bicyclic) bond motifs is 1. The third-order valence-electron chi connectivity index (χ3n) is 6.64. The molecule has 34 heavy (non-hydrogen) atoms. The van der Waals surface area contributed by atoms with E-state index in [4.69, 9.17) is 9.72 Å². The van der Waals surface area contributed by atoms with Crippen LogP contribution in [0.4, 0.5) is 0 Å². The molecular weight excluding hydrogens is 472 g/mol. The van der Waals surface area contributed by atoms with Gasteiger partial charge in [0.2, 0.25) is 10.0 Å². The van der Waals surface area contributed by atoms with Crippen molar-refractivity contribution in [1.29, 1.82) is 0 Å². The fraction of sp³-hybridized carbons (Fsp3) is 0.500. The number of benzene rings is 1. The van der Waals surface area contributed by atoms with Crippen LogP contribution in [0.3, 0.4) is 0 Å². The highest BCUT2D eigenvalue weighted by atomic mass is 32.2. The number of rotatable bonds is 8. The van der Waals surface area contributed by atoms with Gasteiger partial charge in [0.15, 0.2) is 10.9 Å². The van der Waals surface area contributed by atoms with Gasteiger partial charge in [0.25, 0.3) is 0 Å². The quantitative estimate of drug-likeness (QED) is 0.344. The number of hydrogen-bond donors (Lipinski definition) is 0. The molecule has 1 aromatic carbocycles. The number of sulfonamides is 1. The van der Waals surface area contributed by atoms with Gasteiger partial charge in [0.1, 0.15) is 0 Å². The Morgan fingerprint density at radius 3 is 2.59 bits per heavy atom. The van der Waals surface area contributed by atoms with Crippen LogP contribution < -0.4 is 0 Å². The number of thioether (sulfide) groups is 1. The molecule has 0 N–H and O–H groups in total. The number of aromatic nitrogens is 3. The molecule has 0 spiro atoms. The number of carbonyl (C=O) groups excluding carboxylic acids is 1. The van der Waals surface area contributed by atoms with Crippen LogP contribution in [0.25, 0.3) is 11.0 Å². The molecule has 182 valence electrons. The molecule has 3 heterocycles. The Bertz CT molecular complexity index is 1350. The highest BCUT2D eigenvalue weighted by Crippen LogP contribution is 2.38. The second-order valence-electron chi connectivity index (χ2n) is 8.90. The second kappa shape index (κ2) is 9.14. The molecule has 1 saturated heterocycles. The van der Waals surface area contributed by atoms with Crippen LogP contribution in [0.5, 0.6) is 0 Å². The van der Waals surface area contributed by atoms with Gasteiger partial charge in [-0.3, -0.25) is 4.79 Å². The molecule has 5 rings (SSSR count). The Morgan fingerprint density at radius 1 is 1.18 bits per heavy atom. The molecule has 1 aliphatic carbocycles. The molecular formula is C24H30N4O4S2. The number of carbonyl (C=O) groups is 1. The van der Waals surface area contributed by atoms with E-state index in [0.717, 1.165) is 27.6 Å². The maximum Gasteiger partial charge on any atom is 0.243 e. The Kier molecular flexibility index (Phi) is 6.34. The Morgan fingerprint density at radius 2 is 1.91 bits per heavy atom. The van der Waals surface area contributed by atoms with Gasteiger partial charge in [-0.05, 0) is 57.9 Å². The third-order valence-corrected chi connectivity index (χ3v) is 9.51. The fourth-order valence-electron chi connectivity index (χ4n) is 4.76. The van der Waals surface area contributed by atoms with E-state index in [9.17, 15) is 13.2 Å². The predicted molar refractivity (Wildman–Crippen MR) is 132 cm³/mol. The van der Waals surface area contributed by atoms with Gasteiger partial charge in [-0.2, -0.15) is 4.31 Å². The number of nitrogens with zero attached hydrogens (tertiary/aromatic N) is 4. The Hall–Kier alpha value is -2.14. The highest BCUT2D eigenvalue weighted by Gasteiger charge is 2.29. The van der Waals surface area contributed by atoms with Gasteiger partial charge < -0.3 is 13.9 Å². The van der Waals surface area contributed by atoms with E-state index in [1.165, 1.54) is 28.9 Å². The lowest BCUT2D eigenvalue weighted by atomic mass is 10.2. The molecule has 10 heteroatoms. The summed E-state index contributed by atoms with van der Waals surface area (Å²) in [6, 6.07) is 7.65. The number of ether oxygens (including phenoxy) is 1. The summed E-state index contributed by atoms with van der Waals surface area (Å²) in [6.45, 7) is 8.32. The SMILES string of the molecule is CCn1c(SCC(=O)c2cc(C)n(C3CC3)c2C)nc2cc(S(=O)(=O)N3CCOCC3)ccc21. The minimum absolute atomic E-state index is 0.0929. The molecule has 0 unspecified atom stereocenters. The summed E-state index contributed by atoms with van der Waals surface area (Å²) < 4.78 is 37.2. The lowest BCUT2D eigenvalue weighted by Crippen LogP contribution is -2.40. The summed E-state index contributed by atoms with van der Waals surface area (Å²) >= 11 is 1.41. The molecule has 0 atom stereocenters. The first-order valence-electron chi connectivity index (χ1n) is 11.7. The summed E-state index contributed by atoms with van der Waals surface area (Å²) in [6.07, 6.45) is 2.37. The zero-order valence-corrected chi connectivity index (χ0v) is 21.4. The number of ketones is 1. The van der Waals surface area contributed by atoms with Crippen molar-refractivity contribution >= 4 is 38.6 Å². The van der Waals surface area contributed by atoms with Crippen LogP contribution in [-0.4, -0.2) is 64.7 Å². The van der Waals surface area contributed by atoms with Crippen LogP contribution in [0.2, 0.25) is 0 Å². The minimum atomic E-state index is -3.59. The average molecular weight is 503 g/mol. The molecule has 3 aromatic rings. The van der Waals surface area contributed by atoms with Crippen LogP contribution in [0, 0.1) is 13.8 Å². The summed E-state index contributed by atoms with van der Waals surface area (Å²) in [5.41, 5.74) is 4.47. The van der Waals surface area contributed by atoms with Gasteiger partial charge in [0, 0.05) is 42.6 Å². The maximum atomic E-state index is 13.1. The summed E-state index contributed by atoms with van der Waals surface area (Å²) in [4.78, 5) is 18.0. The molecule has 0 bridgehead atoms. The standard InChI is InChI=1S/C24H30N4O4S2/c1-4-27-22-8-7-19(34(30,31)26-9-11-32-12-10-26)14-21(22)25-24(27)33-15-23(29)20-13-16(2)28(17(20)3)18-5-6-18/h7-8,13-14,18H,4-6,9-12,15H2,1-3H3. The van der Waals surface area contributed by atoms with Crippen LogP contribution in [0.15, 0.2) is 34.3 Å². The number of imidazole rings is 1. The maximum absolute atomic E-state index is 13.1. The van der Waals surface area contributed by atoms with Crippen molar-refractivity contribution in [3.05, 3.63) is 41.2 Å². The second-order valence-corrected chi connectivity index (χ2v) is 11.8. The van der Waals surface area contributed by atoms with E-state index in [1.807, 2.05) is 30.5 Å². The molecule has 8 nitrogen and oxygen atoms in total. The van der Waals surface area contributed by atoms with Gasteiger partial charge in [-0.15, -0.1) is 0 Å². The van der Waals surface area contributed by atoms with Gasteiger partial charge in [-0.1, -0.05) is 11.8 Å². The molecule has 2 aliphatic rings. The average Bonchev–Trinajstić information content (AvgIpc) is 3.53. The van der Waals surface area contributed by atoms with Crippen LogP contribution in [-0.2, 0) is 21.3 Å². The van der Waals surface area contributed by atoms with E-state index >= 15 is 0 Å². The number of morpholine rings is 1. The first kappa shape index (κ1) is 23.6. The molecule has 1 saturated carbocycles. The van der Waals surface area contributed by atoms with Crippen LogP contribution in [0.1, 0.15) is 47.6 Å². The van der Waals surface area contributed by atoms with Gasteiger partial charge in [0.05, 0.1) is 34.9 Å². The largest absolute Gasteiger partial charge is 0.379 e. The van der Waals surface area contributed by atoms with Crippen molar-refractivity contribution in [2.45, 2.75) is 56.3 Å². The van der Waals surface area contributed by atoms with Crippen molar-refractivity contribution in [2.24, 2.45) is 0 Å². The molecule has 2 fully saturated rings. The predicted octanol–water partition coefficient (Wildman–Crippen LogP) is 3.81. The van der Waals surface area contributed by atoms with Gasteiger partial charge >= 0.3 is 0 Å². The molecule has 1 aliphatic heterocycles. The Balaban J connectivity index is 1.38. The smallest absolute Gasteiger partial charge is 0.243 e. The van der Waals surface area contributed by atoms with E-state index in [0.29, 0.717) is 44.4 Å². The van der Waals surface area contributed by atoms with Crippen molar-refractivity contribution in [2.75, 3.05) is 32.1 Å². The van der Waals surface area contributed by atoms with E-state index < -0.39 is 10.0 Å². The molecule has 2 aromatic heterocycles. The summed E-state index contributed by atoms with van der Waals surface area (Å²) in [7, 11) is -3.59. The third kappa shape index (κ3) is 4.21. The number of hydrogen-bond acceptors (Lipinski definition) is 6. The topological polar surface area (TPSA) is 86.4 Å². The van der Waals surface area contributed by atoms with Crippen molar-refractivity contribution in [3.8, 4) is 0 Å². The van der Waals surface area contributed by atoms with Crippen molar-refractivity contribution < 1.29 is 17.9 Å².